The molecule has 0 saturated carbocycles. The Morgan fingerprint density at radius 2 is 1.47 bits per heavy atom. The summed E-state index contributed by atoms with van der Waals surface area (Å²) in [5.41, 5.74) is 4.88. The van der Waals surface area contributed by atoms with Gasteiger partial charge in [-0.1, -0.05) is 47.5 Å². The summed E-state index contributed by atoms with van der Waals surface area (Å²) >= 11 is 1.39. The second-order valence-corrected chi connectivity index (χ2v) is 8.10. The number of carbonyl (C=O) groups is 1. The van der Waals surface area contributed by atoms with Crippen molar-refractivity contribution in [3.8, 4) is 5.75 Å². The van der Waals surface area contributed by atoms with Crippen molar-refractivity contribution in [1.29, 1.82) is 0 Å². The molecule has 0 spiro atoms. The molecule has 1 amide bonds. The molecule has 0 unspecified atom stereocenters. The van der Waals surface area contributed by atoms with Gasteiger partial charge in [-0.3, -0.25) is 9.69 Å². The van der Waals surface area contributed by atoms with Crippen LogP contribution >= 0.6 is 11.8 Å². The Bertz CT molecular complexity index is 1120. The zero-order valence-corrected chi connectivity index (χ0v) is 17.9. The van der Waals surface area contributed by atoms with Crippen LogP contribution in [0, 0.1) is 13.8 Å². The minimum atomic E-state index is -0.0782. The highest BCUT2D eigenvalue weighted by Gasteiger charge is 2.34. The maximum absolute atomic E-state index is 13.3. The highest BCUT2D eigenvalue weighted by molar-refractivity contribution is 8.19. The van der Waals surface area contributed by atoms with Gasteiger partial charge in [0.1, 0.15) is 5.75 Å². The summed E-state index contributed by atoms with van der Waals surface area (Å²) in [6, 6.07) is 23.5. The fourth-order valence-corrected chi connectivity index (χ4v) is 4.05. The number of methoxy groups -OCH3 is 1. The van der Waals surface area contributed by atoms with Crippen LogP contribution in [0.2, 0.25) is 0 Å². The Labute approximate surface area is 180 Å². The van der Waals surface area contributed by atoms with E-state index in [4.69, 9.17) is 9.73 Å². The van der Waals surface area contributed by atoms with Gasteiger partial charge < -0.3 is 4.74 Å². The third kappa shape index (κ3) is 4.31. The molecule has 3 aromatic carbocycles. The lowest BCUT2D eigenvalue weighted by atomic mass is 10.2. The van der Waals surface area contributed by atoms with Gasteiger partial charge in [-0.25, -0.2) is 4.99 Å². The van der Waals surface area contributed by atoms with E-state index in [9.17, 15) is 4.79 Å². The molecule has 150 valence electrons. The molecule has 1 aliphatic heterocycles. The van der Waals surface area contributed by atoms with Crippen molar-refractivity contribution in [1.82, 2.24) is 0 Å². The van der Waals surface area contributed by atoms with Crippen LogP contribution in [-0.4, -0.2) is 18.2 Å². The number of hydrogen-bond donors (Lipinski definition) is 0. The van der Waals surface area contributed by atoms with Crippen molar-refractivity contribution >= 4 is 40.3 Å². The lowest BCUT2D eigenvalue weighted by Gasteiger charge is -2.16. The Morgan fingerprint density at radius 1 is 0.867 bits per heavy atom. The third-order valence-corrected chi connectivity index (χ3v) is 5.74. The number of ether oxygens (including phenoxy) is 1. The van der Waals surface area contributed by atoms with Crippen molar-refractivity contribution in [2.24, 2.45) is 4.99 Å². The van der Waals surface area contributed by atoms with Crippen LogP contribution < -0.4 is 9.64 Å². The van der Waals surface area contributed by atoms with Crippen LogP contribution in [0.25, 0.3) is 6.08 Å². The van der Waals surface area contributed by atoms with Crippen LogP contribution in [0.4, 0.5) is 11.4 Å². The summed E-state index contributed by atoms with van der Waals surface area (Å²) in [6.07, 6.45) is 1.89. The first-order valence-electron chi connectivity index (χ1n) is 9.63. The van der Waals surface area contributed by atoms with Gasteiger partial charge in [0.2, 0.25) is 0 Å². The Kier molecular flexibility index (Phi) is 5.72. The van der Waals surface area contributed by atoms with Crippen molar-refractivity contribution in [3.05, 3.63) is 94.4 Å². The maximum atomic E-state index is 13.3. The molecule has 0 aliphatic carbocycles. The van der Waals surface area contributed by atoms with Crippen molar-refractivity contribution in [2.45, 2.75) is 13.8 Å². The van der Waals surface area contributed by atoms with Gasteiger partial charge in [-0.05, 0) is 73.6 Å². The second-order valence-electron chi connectivity index (χ2n) is 7.09. The SMILES string of the molecule is COc1ccc(/C=C2\SC(=Nc3ccc(C)cc3)N(c3ccc(C)cc3)C2=O)cc1. The molecule has 4 nitrogen and oxygen atoms in total. The van der Waals surface area contributed by atoms with Gasteiger partial charge in [0, 0.05) is 0 Å². The number of hydrogen-bond acceptors (Lipinski definition) is 4. The minimum Gasteiger partial charge on any atom is -0.497 e. The summed E-state index contributed by atoms with van der Waals surface area (Å²) in [6.45, 7) is 4.07. The number of amidine groups is 1. The molecule has 1 saturated heterocycles. The van der Waals surface area contributed by atoms with E-state index in [1.54, 1.807) is 12.0 Å². The number of anilines is 1. The van der Waals surface area contributed by atoms with Gasteiger partial charge in [0.25, 0.3) is 5.91 Å². The second kappa shape index (κ2) is 8.59. The minimum absolute atomic E-state index is 0.0782. The highest BCUT2D eigenvalue weighted by Crippen LogP contribution is 2.37. The van der Waals surface area contributed by atoms with Crippen LogP contribution in [0.5, 0.6) is 5.75 Å². The summed E-state index contributed by atoms with van der Waals surface area (Å²) in [5, 5.41) is 0.646. The topological polar surface area (TPSA) is 41.9 Å². The normalized spacial score (nSPS) is 16.5. The largest absolute Gasteiger partial charge is 0.497 e. The van der Waals surface area contributed by atoms with Crippen LogP contribution in [-0.2, 0) is 4.79 Å². The molecule has 5 heteroatoms. The smallest absolute Gasteiger partial charge is 0.271 e. The van der Waals surface area contributed by atoms with E-state index < -0.39 is 0 Å². The Hall–Kier alpha value is -3.31. The van der Waals surface area contributed by atoms with E-state index in [0.29, 0.717) is 10.1 Å². The van der Waals surface area contributed by atoms with E-state index in [1.165, 1.54) is 17.3 Å². The molecular weight excluding hydrogens is 392 g/mol. The van der Waals surface area contributed by atoms with E-state index >= 15 is 0 Å². The van der Waals surface area contributed by atoms with Gasteiger partial charge >= 0.3 is 0 Å². The molecule has 1 aliphatic rings. The molecule has 1 fully saturated rings. The number of benzene rings is 3. The number of carbonyl (C=O) groups excluding carboxylic acids is 1. The first kappa shape index (κ1) is 20.0. The monoisotopic (exact) mass is 414 g/mol. The molecule has 0 N–H and O–H groups in total. The van der Waals surface area contributed by atoms with E-state index in [-0.39, 0.29) is 5.91 Å². The number of amides is 1. The maximum Gasteiger partial charge on any atom is 0.271 e. The van der Waals surface area contributed by atoms with Crippen molar-refractivity contribution in [2.75, 3.05) is 12.0 Å². The lowest BCUT2D eigenvalue weighted by molar-refractivity contribution is -0.113. The standard InChI is InChI=1S/C25H22N2O2S/c1-17-4-10-20(11-5-17)26-25-27(21-12-6-18(2)7-13-21)24(28)23(30-25)16-19-8-14-22(29-3)15-9-19/h4-16H,1-3H3/b23-16-,26-25?. The molecule has 0 aromatic heterocycles. The number of aryl methyl sites for hydroxylation is 2. The van der Waals surface area contributed by atoms with Crippen molar-refractivity contribution < 1.29 is 9.53 Å². The molecular formula is C25H22N2O2S. The van der Waals surface area contributed by atoms with E-state index in [0.717, 1.165) is 28.3 Å². The number of rotatable bonds is 4. The fraction of sp³-hybridized carbons (Fsp3) is 0.120. The van der Waals surface area contributed by atoms with E-state index in [2.05, 4.69) is 0 Å². The number of nitrogens with zero attached hydrogens (tertiary/aromatic N) is 2. The quantitative estimate of drug-likeness (QED) is 0.483. The summed E-state index contributed by atoms with van der Waals surface area (Å²) in [7, 11) is 1.64. The fourth-order valence-electron chi connectivity index (χ4n) is 3.05. The van der Waals surface area contributed by atoms with Gasteiger partial charge in [0.15, 0.2) is 5.17 Å². The van der Waals surface area contributed by atoms with Crippen LogP contribution in [0.3, 0.4) is 0 Å². The average molecular weight is 415 g/mol. The summed E-state index contributed by atoms with van der Waals surface area (Å²) < 4.78 is 5.22. The van der Waals surface area contributed by atoms with Crippen LogP contribution in [0.1, 0.15) is 16.7 Å². The van der Waals surface area contributed by atoms with E-state index in [1.807, 2.05) is 92.7 Å². The molecule has 3 aromatic rings. The van der Waals surface area contributed by atoms with Gasteiger partial charge in [0.05, 0.1) is 23.4 Å². The van der Waals surface area contributed by atoms with Crippen molar-refractivity contribution in [3.63, 3.8) is 0 Å². The molecule has 0 radical (unpaired) electrons. The van der Waals surface area contributed by atoms with Gasteiger partial charge in [-0.2, -0.15) is 0 Å². The third-order valence-electron chi connectivity index (χ3n) is 4.77. The molecule has 1 heterocycles. The summed E-state index contributed by atoms with van der Waals surface area (Å²) in [5.74, 6) is 0.705. The molecule has 0 bridgehead atoms. The van der Waals surface area contributed by atoms with Crippen LogP contribution in [0.15, 0.2) is 82.7 Å². The first-order chi connectivity index (χ1) is 14.5. The predicted molar refractivity (Wildman–Crippen MR) is 126 cm³/mol. The first-order valence-corrected chi connectivity index (χ1v) is 10.5. The zero-order chi connectivity index (χ0) is 21.1. The Balaban J connectivity index is 1.74. The molecule has 30 heavy (non-hydrogen) atoms. The molecule has 4 rings (SSSR count). The summed E-state index contributed by atoms with van der Waals surface area (Å²) in [4.78, 5) is 20.4. The number of aliphatic imine (C=N–C) groups is 1. The zero-order valence-electron chi connectivity index (χ0n) is 17.1. The lowest BCUT2D eigenvalue weighted by Crippen LogP contribution is -2.28. The van der Waals surface area contributed by atoms with Gasteiger partial charge in [-0.15, -0.1) is 0 Å². The predicted octanol–water partition coefficient (Wildman–Crippen LogP) is 6.12. The molecule has 0 atom stereocenters. The average Bonchev–Trinajstić information content (AvgIpc) is 3.05. The highest BCUT2D eigenvalue weighted by atomic mass is 32.2. The Morgan fingerprint density at radius 3 is 2.07 bits per heavy atom. The number of thioether (sulfide) groups is 1.